The number of hydrogen-bond donors (Lipinski definition) is 2. The normalized spacial score (nSPS) is 10.8. The Hall–Kier alpha value is -1.49. The van der Waals surface area contributed by atoms with E-state index in [9.17, 15) is 4.79 Å². The Morgan fingerprint density at radius 3 is 3.11 bits per heavy atom. The minimum absolute atomic E-state index is 0.0448. The fraction of sp³-hybridized carbons (Fsp3) is 0.385. The van der Waals surface area contributed by atoms with Crippen molar-refractivity contribution in [1.82, 2.24) is 10.3 Å². The van der Waals surface area contributed by atoms with E-state index < -0.39 is 0 Å². The van der Waals surface area contributed by atoms with Crippen molar-refractivity contribution in [3.63, 3.8) is 0 Å². The lowest BCUT2D eigenvalue weighted by Crippen LogP contribution is -2.25. The molecule has 0 radical (unpaired) electrons. The molecule has 2 aromatic rings. The van der Waals surface area contributed by atoms with Crippen molar-refractivity contribution in [3.8, 4) is 0 Å². The van der Waals surface area contributed by atoms with Crippen molar-refractivity contribution in [1.29, 1.82) is 0 Å². The lowest BCUT2D eigenvalue weighted by atomic mass is 10.1. The molecule has 0 aliphatic carbocycles. The highest BCUT2D eigenvalue weighted by Gasteiger charge is 2.04. The summed E-state index contributed by atoms with van der Waals surface area (Å²) in [4.78, 5) is 15.5. The minimum Gasteiger partial charge on any atom is -0.441 e. The molecule has 0 aliphatic rings. The number of aryl methyl sites for hydroxylation is 1. The second kappa shape index (κ2) is 5.91. The Labute approximate surface area is 111 Å². The maximum absolute atomic E-state index is 11.3. The van der Waals surface area contributed by atoms with Gasteiger partial charge in [0.25, 0.3) is 0 Å². The van der Waals surface area contributed by atoms with Gasteiger partial charge in [0.2, 0.25) is 5.91 Å². The Morgan fingerprint density at radius 2 is 2.33 bits per heavy atom. The first-order chi connectivity index (χ1) is 8.69. The van der Waals surface area contributed by atoms with E-state index in [-0.39, 0.29) is 5.91 Å². The zero-order valence-corrected chi connectivity index (χ0v) is 11.2. The predicted molar refractivity (Wildman–Crippen MR) is 73.9 cm³/mol. The van der Waals surface area contributed by atoms with E-state index in [1.807, 2.05) is 25.1 Å². The number of nitrogens with zero attached hydrogens (tertiary/aromatic N) is 1. The summed E-state index contributed by atoms with van der Waals surface area (Å²) < 4.78 is 5.41. The molecule has 0 aliphatic heterocycles. The van der Waals surface area contributed by atoms with E-state index in [1.165, 1.54) is 0 Å². The van der Waals surface area contributed by atoms with Crippen LogP contribution < -0.4 is 5.32 Å². The van der Waals surface area contributed by atoms with Gasteiger partial charge >= 0.3 is 0 Å². The monoisotopic (exact) mass is 264 g/mol. The number of aromatic nitrogens is 1. The smallest absolute Gasteiger partial charge is 0.220 e. The molecule has 0 bridgehead atoms. The van der Waals surface area contributed by atoms with Crippen molar-refractivity contribution >= 4 is 29.6 Å². The summed E-state index contributed by atoms with van der Waals surface area (Å²) in [6.45, 7) is 2.46. The van der Waals surface area contributed by atoms with Crippen molar-refractivity contribution in [2.45, 2.75) is 19.8 Å². The first-order valence-electron chi connectivity index (χ1n) is 5.92. The average molecular weight is 264 g/mol. The van der Waals surface area contributed by atoms with Crippen LogP contribution in [0.5, 0.6) is 0 Å². The van der Waals surface area contributed by atoms with Crippen LogP contribution in [0.1, 0.15) is 17.9 Å². The number of carbonyl (C=O) groups excluding carboxylic acids is 1. The van der Waals surface area contributed by atoms with Gasteiger partial charge < -0.3 is 9.73 Å². The number of fused-ring (bicyclic) bond motifs is 1. The molecule has 18 heavy (non-hydrogen) atoms. The van der Waals surface area contributed by atoms with Crippen LogP contribution in [0.15, 0.2) is 22.6 Å². The van der Waals surface area contributed by atoms with Crippen molar-refractivity contribution in [2.75, 3.05) is 12.3 Å². The molecule has 1 aromatic carbocycles. The van der Waals surface area contributed by atoms with Gasteiger partial charge in [0.15, 0.2) is 11.5 Å². The third kappa shape index (κ3) is 3.26. The third-order valence-corrected chi connectivity index (χ3v) is 2.86. The fourth-order valence-electron chi connectivity index (χ4n) is 1.78. The molecule has 0 spiro atoms. The molecular formula is C13H16N2O2S. The van der Waals surface area contributed by atoms with Crippen LogP contribution in [-0.2, 0) is 11.2 Å². The summed E-state index contributed by atoms with van der Waals surface area (Å²) in [7, 11) is 0. The largest absolute Gasteiger partial charge is 0.441 e. The molecule has 1 heterocycles. The second-order valence-electron chi connectivity index (χ2n) is 4.11. The number of benzene rings is 1. The van der Waals surface area contributed by atoms with Crippen LogP contribution in [0.4, 0.5) is 0 Å². The quantitative estimate of drug-likeness (QED) is 0.813. The zero-order valence-electron chi connectivity index (χ0n) is 10.3. The number of carbonyl (C=O) groups is 1. The standard InChI is InChI=1S/C13H16N2O2S/c1-9-15-11-8-10(2-3-12(11)17-9)4-6-14-13(16)5-7-18/h2-3,8,18H,4-7H2,1H3,(H,14,16). The SMILES string of the molecule is Cc1nc2cc(CCNC(=O)CCS)ccc2o1. The number of thiol groups is 1. The summed E-state index contributed by atoms with van der Waals surface area (Å²) in [5, 5.41) is 2.85. The van der Waals surface area contributed by atoms with Crippen LogP contribution in [0.2, 0.25) is 0 Å². The average Bonchev–Trinajstić information content (AvgIpc) is 2.69. The number of hydrogen-bond acceptors (Lipinski definition) is 4. The van der Waals surface area contributed by atoms with Gasteiger partial charge in [-0.3, -0.25) is 4.79 Å². The highest BCUT2D eigenvalue weighted by Crippen LogP contribution is 2.16. The van der Waals surface area contributed by atoms with Crippen molar-refractivity contribution in [2.24, 2.45) is 0 Å². The molecule has 0 unspecified atom stereocenters. The van der Waals surface area contributed by atoms with Crippen molar-refractivity contribution < 1.29 is 9.21 Å². The molecule has 0 fully saturated rings. The van der Waals surface area contributed by atoms with Gasteiger partial charge in [-0.1, -0.05) is 6.07 Å². The molecule has 1 amide bonds. The van der Waals surface area contributed by atoms with Crippen LogP contribution in [0, 0.1) is 6.92 Å². The summed E-state index contributed by atoms with van der Waals surface area (Å²) in [6, 6.07) is 5.91. The second-order valence-corrected chi connectivity index (χ2v) is 4.56. The fourth-order valence-corrected chi connectivity index (χ4v) is 1.98. The van der Waals surface area contributed by atoms with Crippen LogP contribution in [-0.4, -0.2) is 23.2 Å². The van der Waals surface area contributed by atoms with Gasteiger partial charge in [-0.25, -0.2) is 4.98 Å². The van der Waals surface area contributed by atoms with E-state index in [1.54, 1.807) is 0 Å². The molecule has 0 saturated carbocycles. The Balaban J connectivity index is 1.93. The molecule has 5 heteroatoms. The van der Waals surface area contributed by atoms with E-state index in [0.717, 1.165) is 23.1 Å². The molecule has 1 N–H and O–H groups in total. The van der Waals surface area contributed by atoms with E-state index in [2.05, 4.69) is 22.9 Å². The topological polar surface area (TPSA) is 55.1 Å². The summed E-state index contributed by atoms with van der Waals surface area (Å²) in [5.74, 6) is 1.29. The van der Waals surface area contributed by atoms with E-state index in [4.69, 9.17) is 4.42 Å². The number of oxazole rings is 1. The van der Waals surface area contributed by atoms with E-state index in [0.29, 0.717) is 24.6 Å². The Bertz CT molecular complexity index is 551. The number of amides is 1. The lowest BCUT2D eigenvalue weighted by molar-refractivity contribution is -0.120. The highest BCUT2D eigenvalue weighted by atomic mass is 32.1. The van der Waals surface area contributed by atoms with Crippen molar-refractivity contribution in [3.05, 3.63) is 29.7 Å². The highest BCUT2D eigenvalue weighted by molar-refractivity contribution is 7.80. The van der Waals surface area contributed by atoms with Crippen LogP contribution in [0.3, 0.4) is 0 Å². The summed E-state index contributed by atoms with van der Waals surface area (Å²) in [5.41, 5.74) is 2.81. The molecule has 2 rings (SSSR count). The summed E-state index contributed by atoms with van der Waals surface area (Å²) >= 11 is 4.02. The van der Waals surface area contributed by atoms with Gasteiger partial charge in [0, 0.05) is 19.9 Å². The van der Waals surface area contributed by atoms with Gasteiger partial charge in [0.05, 0.1) is 0 Å². The van der Waals surface area contributed by atoms with Gasteiger partial charge in [-0.05, 0) is 29.9 Å². The van der Waals surface area contributed by atoms with E-state index >= 15 is 0 Å². The van der Waals surface area contributed by atoms with Crippen LogP contribution in [0.25, 0.3) is 11.1 Å². The van der Waals surface area contributed by atoms with Gasteiger partial charge in [0.1, 0.15) is 5.52 Å². The molecular weight excluding hydrogens is 248 g/mol. The van der Waals surface area contributed by atoms with Crippen LogP contribution >= 0.6 is 12.6 Å². The maximum atomic E-state index is 11.3. The summed E-state index contributed by atoms with van der Waals surface area (Å²) in [6.07, 6.45) is 1.25. The number of nitrogens with one attached hydrogen (secondary N) is 1. The molecule has 0 atom stereocenters. The molecule has 1 aromatic heterocycles. The van der Waals surface area contributed by atoms with Gasteiger partial charge in [-0.2, -0.15) is 12.6 Å². The van der Waals surface area contributed by atoms with Gasteiger partial charge in [-0.15, -0.1) is 0 Å². The first-order valence-corrected chi connectivity index (χ1v) is 6.56. The molecule has 96 valence electrons. The first kappa shape index (κ1) is 13.0. The Morgan fingerprint density at radius 1 is 1.50 bits per heavy atom. The third-order valence-electron chi connectivity index (χ3n) is 2.63. The molecule has 0 saturated heterocycles. The molecule has 4 nitrogen and oxygen atoms in total. The zero-order chi connectivity index (χ0) is 13.0. The Kier molecular flexibility index (Phi) is 4.25. The number of rotatable bonds is 5. The maximum Gasteiger partial charge on any atom is 0.220 e. The lowest BCUT2D eigenvalue weighted by Gasteiger charge is -2.04. The minimum atomic E-state index is 0.0448. The predicted octanol–water partition coefficient (Wildman–Crippen LogP) is 2.11.